The summed E-state index contributed by atoms with van der Waals surface area (Å²) in [7, 11) is 0. The topological polar surface area (TPSA) is 105 Å². The molecular weight excluding hydrogens is 451 g/mol. The van der Waals surface area contributed by atoms with Gasteiger partial charge in [0, 0.05) is 12.0 Å². The molecular formula is C27H25FN2O5. The highest BCUT2D eigenvalue weighted by atomic mass is 19.1. The zero-order chi connectivity index (χ0) is 25.1. The van der Waals surface area contributed by atoms with Gasteiger partial charge in [-0.3, -0.25) is 4.79 Å². The van der Waals surface area contributed by atoms with E-state index < -0.39 is 41.4 Å². The van der Waals surface area contributed by atoms with Crippen LogP contribution in [0.4, 0.5) is 14.9 Å². The zero-order valence-electron chi connectivity index (χ0n) is 19.2. The molecule has 1 aliphatic rings. The quantitative estimate of drug-likeness (QED) is 0.444. The second-order valence-corrected chi connectivity index (χ2v) is 8.50. The predicted octanol–water partition coefficient (Wildman–Crippen LogP) is 5.03. The van der Waals surface area contributed by atoms with Gasteiger partial charge < -0.3 is 20.5 Å². The van der Waals surface area contributed by atoms with Crippen LogP contribution < -0.4 is 10.6 Å². The molecule has 8 heteroatoms. The van der Waals surface area contributed by atoms with Crippen molar-refractivity contribution in [2.75, 3.05) is 11.9 Å². The number of amides is 2. The first-order chi connectivity index (χ1) is 16.8. The Labute approximate surface area is 201 Å². The minimum atomic E-state index is -1.36. The number of halogens is 1. The monoisotopic (exact) mass is 476 g/mol. The Bertz CT molecular complexity index is 1250. The van der Waals surface area contributed by atoms with Crippen molar-refractivity contribution < 1.29 is 28.6 Å². The highest BCUT2D eigenvalue weighted by Gasteiger charge is 2.30. The smallest absolute Gasteiger partial charge is 0.407 e. The molecule has 0 spiro atoms. The van der Waals surface area contributed by atoms with Crippen molar-refractivity contribution >= 4 is 23.7 Å². The fraction of sp³-hybridized carbons (Fsp3) is 0.222. The van der Waals surface area contributed by atoms with E-state index in [0.29, 0.717) is 0 Å². The SMILES string of the molecule is CC(NC(=O)OCC1c2ccccc2-c2ccccc21)C(C)C(=O)Nc1c(F)cccc1C(=O)O. The van der Waals surface area contributed by atoms with E-state index in [1.165, 1.54) is 12.1 Å². The summed E-state index contributed by atoms with van der Waals surface area (Å²) in [5.41, 5.74) is 3.63. The maximum absolute atomic E-state index is 14.1. The van der Waals surface area contributed by atoms with Crippen LogP contribution in [0.5, 0.6) is 0 Å². The maximum atomic E-state index is 14.1. The first-order valence-electron chi connectivity index (χ1n) is 11.2. The number of para-hydroxylation sites is 1. The van der Waals surface area contributed by atoms with Crippen molar-refractivity contribution in [1.82, 2.24) is 5.32 Å². The second-order valence-electron chi connectivity index (χ2n) is 8.50. The average Bonchev–Trinajstić information content (AvgIpc) is 3.17. The normalized spacial score (nSPS) is 13.8. The number of nitrogens with one attached hydrogen (secondary N) is 2. The van der Waals surface area contributed by atoms with Gasteiger partial charge in [-0.05, 0) is 41.3 Å². The summed E-state index contributed by atoms with van der Waals surface area (Å²) >= 11 is 0. The number of alkyl carbamates (subject to hydrolysis) is 1. The number of rotatable bonds is 7. The number of aromatic carboxylic acids is 1. The zero-order valence-corrected chi connectivity index (χ0v) is 19.2. The van der Waals surface area contributed by atoms with Crippen LogP contribution >= 0.6 is 0 Å². The van der Waals surface area contributed by atoms with Gasteiger partial charge in [0.1, 0.15) is 12.4 Å². The van der Waals surface area contributed by atoms with Gasteiger partial charge in [-0.1, -0.05) is 61.5 Å². The van der Waals surface area contributed by atoms with Crippen LogP contribution in [-0.4, -0.2) is 35.7 Å². The molecule has 3 aromatic carbocycles. The number of anilines is 1. The molecule has 0 fully saturated rings. The molecule has 3 aromatic rings. The number of carboxylic acid groups (broad SMARTS) is 1. The molecule has 0 radical (unpaired) electrons. The fourth-order valence-corrected chi connectivity index (χ4v) is 4.24. The summed E-state index contributed by atoms with van der Waals surface area (Å²) in [4.78, 5) is 36.5. The molecule has 0 saturated heterocycles. The number of carboxylic acids is 1. The number of benzene rings is 3. The third-order valence-corrected chi connectivity index (χ3v) is 6.34. The van der Waals surface area contributed by atoms with Crippen molar-refractivity contribution in [3.8, 4) is 11.1 Å². The summed E-state index contributed by atoms with van der Waals surface area (Å²) in [6.45, 7) is 3.29. The van der Waals surface area contributed by atoms with Crippen molar-refractivity contribution in [2.45, 2.75) is 25.8 Å². The van der Waals surface area contributed by atoms with Crippen LogP contribution in [0.15, 0.2) is 66.7 Å². The van der Waals surface area contributed by atoms with Gasteiger partial charge in [0.15, 0.2) is 0 Å². The molecule has 0 aliphatic heterocycles. The number of ether oxygens (including phenoxy) is 1. The minimum absolute atomic E-state index is 0.0975. The Morgan fingerprint density at radius 3 is 2.14 bits per heavy atom. The Balaban J connectivity index is 1.37. The molecule has 35 heavy (non-hydrogen) atoms. The molecule has 0 bridgehead atoms. The third-order valence-electron chi connectivity index (χ3n) is 6.34. The minimum Gasteiger partial charge on any atom is -0.478 e. The Hall–Kier alpha value is -4.20. The second kappa shape index (κ2) is 9.97. The van der Waals surface area contributed by atoms with E-state index in [9.17, 15) is 23.9 Å². The Kier molecular flexibility index (Phi) is 6.82. The van der Waals surface area contributed by atoms with E-state index in [1.807, 2.05) is 48.5 Å². The van der Waals surface area contributed by atoms with Crippen LogP contribution in [0, 0.1) is 11.7 Å². The van der Waals surface area contributed by atoms with Crippen molar-refractivity contribution in [3.05, 3.63) is 89.2 Å². The predicted molar refractivity (Wildman–Crippen MR) is 129 cm³/mol. The highest BCUT2D eigenvalue weighted by Crippen LogP contribution is 2.44. The summed E-state index contributed by atoms with van der Waals surface area (Å²) in [5, 5.41) is 14.2. The standard InChI is InChI=1S/C27H25FN2O5/c1-15(25(31)30-24-21(26(32)33)12-7-13-23(24)28)16(2)29-27(34)35-14-22-19-10-5-3-8-17(19)18-9-4-6-11-20(18)22/h3-13,15-16,22H,14H2,1-2H3,(H,29,34)(H,30,31)(H,32,33). The summed E-state index contributed by atoms with van der Waals surface area (Å²) in [6.07, 6.45) is -0.684. The molecule has 7 nitrogen and oxygen atoms in total. The van der Waals surface area contributed by atoms with Crippen LogP contribution in [0.25, 0.3) is 11.1 Å². The molecule has 0 aromatic heterocycles. The summed E-state index contributed by atoms with van der Waals surface area (Å²) in [5.74, 6) is -3.75. The van der Waals surface area contributed by atoms with E-state index in [4.69, 9.17) is 4.74 Å². The lowest BCUT2D eigenvalue weighted by atomic mass is 9.98. The molecule has 1 aliphatic carbocycles. The van der Waals surface area contributed by atoms with Crippen molar-refractivity contribution in [2.24, 2.45) is 5.92 Å². The van der Waals surface area contributed by atoms with E-state index in [0.717, 1.165) is 28.3 Å². The average molecular weight is 477 g/mol. The highest BCUT2D eigenvalue weighted by molar-refractivity contribution is 6.01. The number of hydrogen-bond donors (Lipinski definition) is 3. The molecule has 180 valence electrons. The van der Waals surface area contributed by atoms with Gasteiger partial charge in [0.05, 0.1) is 17.2 Å². The van der Waals surface area contributed by atoms with Gasteiger partial charge in [-0.15, -0.1) is 0 Å². The largest absolute Gasteiger partial charge is 0.478 e. The summed E-state index contributed by atoms with van der Waals surface area (Å²) in [6, 6.07) is 18.8. The van der Waals surface area contributed by atoms with Crippen LogP contribution in [0.2, 0.25) is 0 Å². The number of carbonyl (C=O) groups excluding carboxylic acids is 2. The van der Waals surface area contributed by atoms with Crippen molar-refractivity contribution in [3.63, 3.8) is 0 Å². The van der Waals surface area contributed by atoms with Gasteiger partial charge in [-0.25, -0.2) is 14.0 Å². The first-order valence-corrected chi connectivity index (χ1v) is 11.2. The first kappa shape index (κ1) is 23.9. The Morgan fingerprint density at radius 2 is 1.54 bits per heavy atom. The fourth-order valence-electron chi connectivity index (χ4n) is 4.24. The summed E-state index contributed by atoms with van der Waals surface area (Å²) < 4.78 is 19.6. The Morgan fingerprint density at radius 1 is 0.943 bits per heavy atom. The van der Waals surface area contributed by atoms with Gasteiger partial charge in [-0.2, -0.15) is 0 Å². The van der Waals surface area contributed by atoms with Crippen LogP contribution in [-0.2, 0) is 9.53 Å². The molecule has 0 heterocycles. The lowest BCUT2D eigenvalue weighted by Gasteiger charge is -2.22. The molecule has 2 unspecified atom stereocenters. The van der Waals surface area contributed by atoms with Crippen LogP contribution in [0.3, 0.4) is 0 Å². The van der Waals surface area contributed by atoms with Gasteiger partial charge >= 0.3 is 12.1 Å². The number of hydrogen-bond acceptors (Lipinski definition) is 4. The third kappa shape index (κ3) is 4.87. The molecule has 0 saturated carbocycles. The van der Waals surface area contributed by atoms with E-state index in [2.05, 4.69) is 10.6 Å². The maximum Gasteiger partial charge on any atom is 0.407 e. The van der Waals surface area contributed by atoms with Crippen molar-refractivity contribution in [1.29, 1.82) is 0 Å². The molecule has 2 atom stereocenters. The van der Waals surface area contributed by atoms with Gasteiger partial charge in [0.2, 0.25) is 5.91 Å². The van der Waals surface area contributed by atoms with E-state index in [-0.39, 0.29) is 18.1 Å². The van der Waals surface area contributed by atoms with E-state index >= 15 is 0 Å². The number of carbonyl (C=O) groups is 3. The molecule has 2 amide bonds. The van der Waals surface area contributed by atoms with Gasteiger partial charge in [0.25, 0.3) is 0 Å². The number of fused-ring (bicyclic) bond motifs is 3. The molecule has 3 N–H and O–H groups in total. The van der Waals surface area contributed by atoms with E-state index in [1.54, 1.807) is 13.8 Å². The van der Waals surface area contributed by atoms with Crippen LogP contribution in [0.1, 0.15) is 41.3 Å². The lowest BCUT2D eigenvalue weighted by Crippen LogP contribution is -2.42. The lowest BCUT2D eigenvalue weighted by molar-refractivity contribution is -0.120. The molecule has 4 rings (SSSR count).